The minimum atomic E-state index is -0.173. The molecule has 0 fully saturated rings. The van der Waals surface area contributed by atoms with Crippen LogP contribution in [0.15, 0.2) is 55.9 Å². The van der Waals surface area contributed by atoms with Gasteiger partial charge in [-0.1, -0.05) is 32.9 Å². The summed E-state index contributed by atoms with van der Waals surface area (Å²) >= 11 is 1.47. The van der Waals surface area contributed by atoms with Crippen LogP contribution in [0.3, 0.4) is 0 Å². The van der Waals surface area contributed by atoms with Crippen LogP contribution in [0.4, 0.5) is 0 Å². The molecule has 0 saturated heterocycles. The van der Waals surface area contributed by atoms with Crippen LogP contribution in [0.2, 0.25) is 0 Å². The maximum atomic E-state index is 12.7. The zero-order chi connectivity index (χ0) is 21.6. The molecule has 4 aromatic rings. The molecule has 0 unspecified atom stereocenters. The smallest absolute Gasteiger partial charge is 0.255 e. The highest BCUT2D eigenvalue weighted by Gasteiger charge is 2.25. The van der Waals surface area contributed by atoms with E-state index in [1.54, 1.807) is 0 Å². The summed E-state index contributed by atoms with van der Waals surface area (Å²) in [7, 11) is 0. The summed E-state index contributed by atoms with van der Waals surface area (Å²) < 4.78 is 6.03. The molecule has 1 aromatic carbocycles. The number of aromatic nitrogens is 4. The van der Waals surface area contributed by atoms with Crippen molar-refractivity contribution in [1.29, 1.82) is 0 Å². The van der Waals surface area contributed by atoms with E-state index in [0.29, 0.717) is 13.1 Å². The number of nitrogens with one attached hydrogen (secondary N) is 2. The largest absolute Gasteiger partial charge is 0.453 e. The maximum absolute atomic E-state index is 12.7. The Balaban J connectivity index is 1.28. The fraction of sp³-hybridized carbons (Fsp3) is 0.348. The SMILES string of the molecule is CC(C)(C)c1nc2c(c(=O)[nH]1)CN(Cc1ccc(Sc3nc4ccccc4[nH]3)o1)CC2. The zero-order valence-electron chi connectivity index (χ0n) is 17.9. The van der Waals surface area contributed by atoms with Crippen LogP contribution in [0.25, 0.3) is 11.0 Å². The molecule has 31 heavy (non-hydrogen) atoms. The van der Waals surface area contributed by atoms with E-state index in [1.165, 1.54) is 11.8 Å². The predicted molar refractivity (Wildman–Crippen MR) is 120 cm³/mol. The second kappa shape index (κ2) is 7.69. The molecule has 0 aliphatic carbocycles. The molecule has 1 aliphatic rings. The molecule has 4 heterocycles. The summed E-state index contributed by atoms with van der Waals surface area (Å²) in [6.45, 7) is 8.26. The summed E-state index contributed by atoms with van der Waals surface area (Å²) in [6.07, 6.45) is 0.767. The highest BCUT2D eigenvalue weighted by molar-refractivity contribution is 7.99. The standard InChI is InChI=1S/C23H25N5O2S/c1-23(2,3)21-24-16-10-11-28(13-15(16)20(29)27-21)12-14-8-9-19(30-14)31-22-25-17-6-4-5-7-18(17)26-22/h4-9H,10-13H2,1-3H3,(H,25,26)(H,24,27,29). The van der Waals surface area contributed by atoms with Gasteiger partial charge in [0.25, 0.3) is 5.56 Å². The van der Waals surface area contributed by atoms with Crippen LogP contribution in [-0.4, -0.2) is 31.4 Å². The molecule has 160 valence electrons. The summed E-state index contributed by atoms with van der Waals surface area (Å²) in [5.41, 5.74) is 3.44. The fourth-order valence-electron chi connectivity index (χ4n) is 3.76. The number of para-hydroxylation sites is 2. The fourth-order valence-corrected chi connectivity index (χ4v) is 4.54. The Morgan fingerprint density at radius 3 is 2.77 bits per heavy atom. The molecule has 8 heteroatoms. The molecule has 0 saturated carbocycles. The van der Waals surface area contributed by atoms with Crippen LogP contribution in [-0.2, 0) is 24.9 Å². The first-order valence-corrected chi connectivity index (χ1v) is 11.2. The minimum absolute atomic E-state index is 0.0276. The third kappa shape index (κ3) is 4.18. The Hall–Kier alpha value is -2.84. The van der Waals surface area contributed by atoms with Gasteiger partial charge < -0.3 is 14.4 Å². The van der Waals surface area contributed by atoms with E-state index in [1.807, 2.05) is 36.4 Å². The Kier molecular flexibility index (Phi) is 4.98. The molecule has 0 radical (unpaired) electrons. The third-order valence-electron chi connectivity index (χ3n) is 5.44. The molecule has 5 rings (SSSR count). The van der Waals surface area contributed by atoms with Gasteiger partial charge in [-0.3, -0.25) is 9.69 Å². The quantitative estimate of drug-likeness (QED) is 0.498. The van der Waals surface area contributed by atoms with E-state index in [-0.39, 0.29) is 11.0 Å². The number of rotatable bonds is 4. The molecule has 0 spiro atoms. The number of H-pyrrole nitrogens is 2. The Morgan fingerprint density at radius 1 is 1.13 bits per heavy atom. The van der Waals surface area contributed by atoms with E-state index in [0.717, 1.165) is 57.1 Å². The Labute approximate surface area is 184 Å². The number of hydrogen-bond donors (Lipinski definition) is 2. The highest BCUT2D eigenvalue weighted by atomic mass is 32.2. The van der Waals surface area contributed by atoms with Gasteiger partial charge >= 0.3 is 0 Å². The molecule has 2 N–H and O–H groups in total. The second-order valence-electron chi connectivity index (χ2n) is 8.93. The molecule has 0 atom stereocenters. The van der Waals surface area contributed by atoms with E-state index < -0.39 is 0 Å². The number of benzene rings is 1. The second-order valence-corrected chi connectivity index (χ2v) is 9.93. The lowest BCUT2D eigenvalue weighted by atomic mass is 9.95. The highest BCUT2D eigenvalue weighted by Crippen LogP contribution is 2.29. The lowest BCUT2D eigenvalue weighted by Crippen LogP contribution is -2.37. The summed E-state index contributed by atoms with van der Waals surface area (Å²) in [4.78, 5) is 30.5. The molecule has 0 bridgehead atoms. The maximum Gasteiger partial charge on any atom is 0.255 e. The van der Waals surface area contributed by atoms with Gasteiger partial charge in [0, 0.05) is 24.9 Å². The average molecular weight is 436 g/mol. The summed E-state index contributed by atoms with van der Waals surface area (Å²) in [5, 5.41) is 1.60. The van der Waals surface area contributed by atoms with Crippen molar-refractivity contribution in [3.05, 3.63) is 69.6 Å². The van der Waals surface area contributed by atoms with E-state index in [4.69, 9.17) is 9.40 Å². The monoisotopic (exact) mass is 435 g/mol. The number of fused-ring (bicyclic) bond motifs is 2. The lowest BCUT2D eigenvalue weighted by Gasteiger charge is -2.28. The first-order chi connectivity index (χ1) is 14.8. The van der Waals surface area contributed by atoms with Gasteiger partial charge in [-0.15, -0.1) is 0 Å². The zero-order valence-corrected chi connectivity index (χ0v) is 18.7. The first-order valence-electron chi connectivity index (χ1n) is 10.4. The summed E-state index contributed by atoms with van der Waals surface area (Å²) in [6, 6.07) is 11.9. The van der Waals surface area contributed by atoms with Crippen molar-refractivity contribution in [2.24, 2.45) is 0 Å². The number of aromatic amines is 2. The van der Waals surface area contributed by atoms with E-state index in [9.17, 15) is 4.79 Å². The first kappa shape index (κ1) is 20.1. The van der Waals surface area contributed by atoms with Gasteiger partial charge in [0.2, 0.25) is 0 Å². The van der Waals surface area contributed by atoms with Crippen LogP contribution in [0.5, 0.6) is 0 Å². The van der Waals surface area contributed by atoms with Gasteiger partial charge in [-0.2, -0.15) is 0 Å². The lowest BCUT2D eigenvalue weighted by molar-refractivity contribution is 0.216. The van der Waals surface area contributed by atoms with Gasteiger partial charge in [-0.25, -0.2) is 9.97 Å². The van der Waals surface area contributed by atoms with Crippen molar-refractivity contribution in [2.75, 3.05) is 6.54 Å². The normalized spacial score (nSPS) is 14.8. The van der Waals surface area contributed by atoms with E-state index in [2.05, 4.69) is 40.6 Å². The molecule has 0 amide bonds. The van der Waals surface area contributed by atoms with Gasteiger partial charge in [-0.05, 0) is 36.0 Å². The van der Waals surface area contributed by atoms with Crippen molar-refractivity contribution in [3.8, 4) is 0 Å². The van der Waals surface area contributed by atoms with E-state index >= 15 is 0 Å². The van der Waals surface area contributed by atoms with Gasteiger partial charge in [0.05, 0.1) is 28.8 Å². The van der Waals surface area contributed by atoms with Crippen molar-refractivity contribution in [3.63, 3.8) is 0 Å². The van der Waals surface area contributed by atoms with Crippen LogP contribution in [0, 0.1) is 0 Å². The van der Waals surface area contributed by atoms with Crippen LogP contribution >= 0.6 is 11.8 Å². The van der Waals surface area contributed by atoms with Crippen molar-refractivity contribution in [1.82, 2.24) is 24.8 Å². The molecular weight excluding hydrogens is 410 g/mol. The number of furan rings is 1. The Morgan fingerprint density at radius 2 is 1.97 bits per heavy atom. The molecule has 3 aromatic heterocycles. The average Bonchev–Trinajstić information content (AvgIpc) is 3.33. The number of hydrogen-bond acceptors (Lipinski definition) is 6. The van der Waals surface area contributed by atoms with Crippen molar-refractivity contribution in [2.45, 2.75) is 55.9 Å². The number of imidazole rings is 1. The van der Waals surface area contributed by atoms with Gasteiger partial charge in [0.15, 0.2) is 10.2 Å². The van der Waals surface area contributed by atoms with Gasteiger partial charge in [0.1, 0.15) is 11.6 Å². The topological polar surface area (TPSA) is 90.8 Å². The van der Waals surface area contributed by atoms with Crippen molar-refractivity contribution >= 4 is 22.8 Å². The summed E-state index contributed by atoms with van der Waals surface area (Å²) in [5.74, 6) is 1.63. The third-order valence-corrected chi connectivity index (χ3v) is 6.25. The molecular formula is C23H25N5O2S. The predicted octanol–water partition coefficient (Wildman–Crippen LogP) is 4.25. The molecule has 1 aliphatic heterocycles. The van der Waals surface area contributed by atoms with Crippen molar-refractivity contribution < 1.29 is 4.42 Å². The van der Waals surface area contributed by atoms with Crippen LogP contribution < -0.4 is 5.56 Å². The Bertz CT molecular complexity index is 1260. The van der Waals surface area contributed by atoms with Crippen LogP contribution in [0.1, 0.15) is 43.6 Å². The molecule has 7 nitrogen and oxygen atoms in total. The number of nitrogens with zero attached hydrogens (tertiary/aromatic N) is 3. The minimum Gasteiger partial charge on any atom is -0.453 e.